The lowest BCUT2D eigenvalue weighted by atomic mass is 9.96. The van der Waals surface area contributed by atoms with Gasteiger partial charge in [0.25, 0.3) is 0 Å². The molecule has 108 valence electrons. The van der Waals surface area contributed by atoms with E-state index in [9.17, 15) is 4.79 Å². The van der Waals surface area contributed by atoms with Gasteiger partial charge < -0.3 is 9.80 Å². The lowest BCUT2D eigenvalue weighted by molar-refractivity contribution is -0.131. The van der Waals surface area contributed by atoms with Crippen molar-refractivity contribution in [3.8, 4) is 0 Å². The van der Waals surface area contributed by atoms with Crippen LogP contribution in [-0.4, -0.2) is 47.9 Å². The molecule has 4 heteroatoms. The molecule has 3 rings (SSSR count). The fourth-order valence-electron chi connectivity index (χ4n) is 3.36. The normalized spacial score (nSPS) is 31.8. The summed E-state index contributed by atoms with van der Waals surface area (Å²) < 4.78 is 0. The number of likely N-dealkylation sites (tertiary alicyclic amines) is 1. The van der Waals surface area contributed by atoms with Gasteiger partial charge in [-0.05, 0) is 32.4 Å². The van der Waals surface area contributed by atoms with E-state index in [2.05, 4.69) is 41.2 Å². The van der Waals surface area contributed by atoms with Crippen LogP contribution >= 0.6 is 0 Å². The van der Waals surface area contributed by atoms with Gasteiger partial charge in [-0.3, -0.25) is 10.1 Å². The van der Waals surface area contributed by atoms with E-state index in [4.69, 9.17) is 0 Å². The molecular formula is C16H23N3O. The molecule has 20 heavy (non-hydrogen) atoms. The van der Waals surface area contributed by atoms with Crippen LogP contribution in [-0.2, 0) is 4.79 Å². The molecule has 0 radical (unpaired) electrons. The monoisotopic (exact) mass is 273 g/mol. The van der Waals surface area contributed by atoms with E-state index in [1.165, 1.54) is 5.56 Å². The van der Waals surface area contributed by atoms with Crippen molar-refractivity contribution >= 4 is 5.91 Å². The summed E-state index contributed by atoms with van der Waals surface area (Å²) in [6.07, 6.45) is 2.18. The van der Waals surface area contributed by atoms with Gasteiger partial charge in [0.1, 0.15) is 6.17 Å². The molecule has 2 heterocycles. The molecule has 2 aliphatic rings. The molecule has 0 saturated carbocycles. The number of nitrogens with zero attached hydrogens (tertiary/aromatic N) is 2. The van der Waals surface area contributed by atoms with Crippen LogP contribution in [0.25, 0.3) is 0 Å². The van der Waals surface area contributed by atoms with E-state index in [-0.39, 0.29) is 12.1 Å². The van der Waals surface area contributed by atoms with Crippen LogP contribution in [0.4, 0.5) is 0 Å². The van der Waals surface area contributed by atoms with Crippen LogP contribution in [0.5, 0.6) is 0 Å². The smallest absolute Gasteiger partial charge is 0.238 e. The first-order valence-corrected chi connectivity index (χ1v) is 7.46. The molecule has 1 aromatic carbocycles. The first-order valence-electron chi connectivity index (χ1n) is 7.46. The van der Waals surface area contributed by atoms with E-state index in [1.807, 2.05) is 18.2 Å². The van der Waals surface area contributed by atoms with Gasteiger partial charge in [0.15, 0.2) is 0 Å². The van der Waals surface area contributed by atoms with Crippen molar-refractivity contribution in [3.63, 3.8) is 0 Å². The average Bonchev–Trinajstić information content (AvgIpc) is 2.85. The zero-order valence-corrected chi connectivity index (χ0v) is 12.2. The molecular weight excluding hydrogens is 250 g/mol. The summed E-state index contributed by atoms with van der Waals surface area (Å²) in [5, 5.41) is 3.36. The third-order valence-corrected chi connectivity index (χ3v) is 4.70. The summed E-state index contributed by atoms with van der Waals surface area (Å²) in [5.74, 6) is 0.237. The minimum Gasteiger partial charge on any atom is -0.319 e. The number of nitrogens with one attached hydrogen (secondary N) is 1. The Kier molecular flexibility index (Phi) is 3.76. The molecule has 2 fully saturated rings. The van der Waals surface area contributed by atoms with Crippen molar-refractivity contribution in [1.29, 1.82) is 0 Å². The fourth-order valence-corrected chi connectivity index (χ4v) is 3.36. The Balaban J connectivity index is 1.81. The molecule has 0 aromatic heterocycles. The van der Waals surface area contributed by atoms with E-state index in [0.29, 0.717) is 18.6 Å². The molecule has 1 N–H and O–H groups in total. The van der Waals surface area contributed by atoms with Gasteiger partial charge in [-0.15, -0.1) is 0 Å². The van der Waals surface area contributed by atoms with Crippen LogP contribution in [0.2, 0.25) is 0 Å². The largest absolute Gasteiger partial charge is 0.319 e. The number of hydrogen-bond donors (Lipinski definition) is 1. The van der Waals surface area contributed by atoms with Crippen molar-refractivity contribution in [1.82, 2.24) is 15.1 Å². The molecule has 1 aromatic rings. The second-order valence-electron chi connectivity index (χ2n) is 6.00. The Morgan fingerprint density at radius 1 is 1.25 bits per heavy atom. The number of hydrogen-bond acceptors (Lipinski definition) is 3. The van der Waals surface area contributed by atoms with Gasteiger partial charge in [-0.2, -0.15) is 0 Å². The highest BCUT2D eigenvalue weighted by Gasteiger charge is 2.38. The van der Waals surface area contributed by atoms with E-state index >= 15 is 0 Å². The zero-order chi connectivity index (χ0) is 14.1. The standard InChI is InChI=1S/C16H23N3O/c1-12-10-14(8-9-18(12)2)19-15(20)11-17-16(19)13-6-4-3-5-7-13/h3-7,12,14,16-17H,8-11H2,1-2H3. The molecule has 3 atom stereocenters. The highest BCUT2D eigenvalue weighted by molar-refractivity contribution is 5.81. The molecule has 4 nitrogen and oxygen atoms in total. The molecule has 1 amide bonds. The fraction of sp³-hybridized carbons (Fsp3) is 0.562. The Morgan fingerprint density at radius 3 is 2.70 bits per heavy atom. The molecule has 3 unspecified atom stereocenters. The van der Waals surface area contributed by atoms with Crippen molar-refractivity contribution in [2.45, 2.75) is 38.0 Å². The highest BCUT2D eigenvalue weighted by atomic mass is 16.2. The van der Waals surface area contributed by atoms with Gasteiger partial charge >= 0.3 is 0 Å². The second kappa shape index (κ2) is 5.54. The molecule has 2 saturated heterocycles. The zero-order valence-electron chi connectivity index (χ0n) is 12.2. The molecule has 2 aliphatic heterocycles. The summed E-state index contributed by atoms with van der Waals surface area (Å²) >= 11 is 0. The minimum atomic E-state index is 0.0457. The van der Waals surface area contributed by atoms with Crippen molar-refractivity contribution in [2.24, 2.45) is 0 Å². The van der Waals surface area contributed by atoms with Crippen molar-refractivity contribution < 1.29 is 4.79 Å². The van der Waals surface area contributed by atoms with E-state index in [1.54, 1.807) is 0 Å². The summed E-state index contributed by atoms with van der Waals surface area (Å²) in [7, 11) is 2.17. The van der Waals surface area contributed by atoms with Crippen LogP contribution in [0, 0.1) is 0 Å². The van der Waals surface area contributed by atoms with Crippen molar-refractivity contribution in [3.05, 3.63) is 35.9 Å². The van der Waals surface area contributed by atoms with Gasteiger partial charge in [0.05, 0.1) is 6.54 Å². The lowest BCUT2D eigenvalue weighted by Gasteiger charge is -2.41. The minimum absolute atomic E-state index is 0.0457. The number of amides is 1. The average molecular weight is 273 g/mol. The Hall–Kier alpha value is -1.39. The number of rotatable bonds is 2. The molecule has 0 bridgehead atoms. The second-order valence-corrected chi connectivity index (χ2v) is 6.00. The number of piperidine rings is 1. The first kappa shape index (κ1) is 13.6. The van der Waals surface area contributed by atoms with Crippen LogP contribution in [0.15, 0.2) is 30.3 Å². The predicted molar refractivity (Wildman–Crippen MR) is 79.1 cm³/mol. The lowest BCUT2D eigenvalue weighted by Crippen LogP contribution is -2.49. The third-order valence-electron chi connectivity index (χ3n) is 4.70. The number of carbonyl (C=O) groups excluding carboxylic acids is 1. The van der Waals surface area contributed by atoms with Gasteiger partial charge in [-0.1, -0.05) is 30.3 Å². The van der Waals surface area contributed by atoms with Crippen LogP contribution < -0.4 is 5.32 Å². The maximum absolute atomic E-state index is 12.3. The molecule has 0 spiro atoms. The summed E-state index contributed by atoms with van der Waals surface area (Å²) in [4.78, 5) is 16.8. The third kappa shape index (κ3) is 2.45. The van der Waals surface area contributed by atoms with Gasteiger partial charge in [-0.25, -0.2) is 0 Å². The maximum Gasteiger partial charge on any atom is 0.238 e. The topological polar surface area (TPSA) is 35.6 Å². The maximum atomic E-state index is 12.3. The van der Waals surface area contributed by atoms with Crippen LogP contribution in [0.3, 0.4) is 0 Å². The Labute approximate surface area is 120 Å². The van der Waals surface area contributed by atoms with Gasteiger partial charge in [0, 0.05) is 18.6 Å². The van der Waals surface area contributed by atoms with E-state index < -0.39 is 0 Å². The predicted octanol–water partition coefficient (Wildman–Crippen LogP) is 1.60. The first-order chi connectivity index (χ1) is 9.66. The van der Waals surface area contributed by atoms with Crippen LogP contribution in [0.1, 0.15) is 31.5 Å². The SMILES string of the molecule is CC1CC(N2C(=O)CNC2c2ccccc2)CCN1C. The summed E-state index contributed by atoms with van der Waals surface area (Å²) in [6.45, 7) is 3.77. The number of benzene rings is 1. The van der Waals surface area contributed by atoms with Gasteiger partial charge in [0.2, 0.25) is 5.91 Å². The summed E-state index contributed by atoms with van der Waals surface area (Å²) in [5.41, 5.74) is 1.19. The van der Waals surface area contributed by atoms with Crippen molar-refractivity contribution in [2.75, 3.05) is 20.1 Å². The summed E-state index contributed by atoms with van der Waals surface area (Å²) in [6, 6.07) is 11.2. The number of carbonyl (C=O) groups is 1. The Morgan fingerprint density at radius 2 is 2.00 bits per heavy atom. The quantitative estimate of drug-likeness (QED) is 0.889. The van der Waals surface area contributed by atoms with E-state index in [0.717, 1.165) is 19.4 Å². The highest BCUT2D eigenvalue weighted by Crippen LogP contribution is 2.30. The molecule has 0 aliphatic carbocycles. The Bertz CT molecular complexity index is 476.